The molecule has 0 saturated heterocycles. The van der Waals surface area contributed by atoms with Gasteiger partial charge in [-0.25, -0.2) is 9.59 Å². The van der Waals surface area contributed by atoms with Crippen molar-refractivity contribution in [2.75, 3.05) is 18.4 Å². The number of anilines is 1. The van der Waals surface area contributed by atoms with Gasteiger partial charge in [-0.15, -0.1) is 0 Å². The largest absolute Gasteiger partial charge is 0.444 e. The lowest BCUT2D eigenvalue weighted by molar-refractivity contribution is 0.0534. The van der Waals surface area contributed by atoms with E-state index in [9.17, 15) is 9.59 Å². The van der Waals surface area contributed by atoms with Crippen molar-refractivity contribution in [3.8, 4) is 0 Å². The molecule has 7 nitrogen and oxygen atoms in total. The number of aromatic nitrogens is 1. The number of nitrogens with one attached hydrogen (secondary N) is 3. The Morgan fingerprint density at radius 2 is 1.82 bits per heavy atom. The first kappa shape index (κ1) is 21.3. The average Bonchev–Trinajstić information content (AvgIpc) is 2.99. The average molecular weight is 386 g/mol. The van der Waals surface area contributed by atoms with E-state index in [2.05, 4.69) is 39.7 Å². The third kappa shape index (κ3) is 6.98. The van der Waals surface area contributed by atoms with Crippen molar-refractivity contribution in [2.24, 2.45) is 0 Å². The number of rotatable bonds is 7. The number of hydrogen-bond acceptors (Lipinski definition) is 3. The molecule has 3 amide bonds. The van der Waals surface area contributed by atoms with Gasteiger partial charge in [0.05, 0.1) is 0 Å². The van der Waals surface area contributed by atoms with E-state index in [0.717, 1.165) is 29.6 Å². The smallest absolute Gasteiger partial charge is 0.407 e. The van der Waals surface area contributed by atoms with Gasteiger partial charge in [0.2, 0.25) is 0 Å². The quantitative estimate of drug-likeness (QED) is 0.622. The molecule has 7 heteroatoms. The summed E-state index contributed by atoms with van der Waals surface area (Å²) in [5.41, 5.74) is 1.39. The molecule has 0 atom stereocenters. The van der Waals surface area contributed by atoms with Gasteiger partial charge in [-0.1, -0.05) is 19.1 Å². The predicted octanol–water partition coefficient (Wildman–Crippen LogP) is 4.25. The highest BCUT2D eigenvalue weighted by molar-refractivity contribution is 5.93. The van der Waals surface area contributed by atoms with Gasteiger partial charge in [0.15, 0.2) is 0 Å². The Kier molecular flexibility index (Phi) is 7.49. The van der Waals surface area contributed by atoms with Gasteiger partial charge >= 0.3 is 12.1 Å². The molecule has 0 radical (unpaired) electrons. The van der Waals surface area contributed by atoms with E-state index >= 15 is 0 Å². The van der Waals surface area contributed by atoms with Crippen LogP contribution in [-0.2, 0) is 11.3 Å². The molecule has 1 aromatic heterocycles. The number of nitrogens with zero attached hydrogens (tertiary/aromatic N) is 1. The zero-order valence-electron chi connectivity index (χ0n) is 17.0. The zero-order valence-corrected chi connectivity index (χ0v) is 17.0. The summed E-state index contributed by atoms with van der Waals surface area (Å²) in [7, 11) is 0. The lowest BCUT2D eigenvalue weighted by Gasteiger charge is -2.19. The molecule has 28 heavy (non-hydrogen) atoms. The van der Waals surface area contributed by atoms with Crippen LogP contribution in [-0.4, -0.2) is 35.4 Å². The highest BCUT2D eigenvalue weighted by atomic mass is 16.6. The van der Waals surface area contributed by atoms with Crippen LogP contribution in [0, 0.1) is 0 Å². The Hall–Kier alpha value is -2.96. The first-order valence-corrected chi connectivity index (χ1v) is 9.54. The maximum absolute atomic E-state index is 12.0. The van der Waals surface area contributed by atoms with Crippen LogP contribution in [0.2, 0.25) is 0 Å². The Morgan fingerprint density at radius 1 is 1.11 bits per heavy atom. The fourth-order valence-corrected chi connectivity index (χ4v) is 2.66. The van der Waals surface area contributed by atoms with Gasteiger partial charge in [0.1, 0.15) is 5.60 Å². The Morgan fingerprint density at radius 3 is 2.50 bits per heavy atom. The molecule has 0 fully saturated rings. The molecule has 3 N–H and O–H groups in total. The van der Waals surface area contributed by atoms with E-state index in [0.29, 0.717) is 13.1 Å². The van der Waals surface area contributed by atoms with Crippen molar-refractivity contribution in [3.05, 3.63) is 42.6 Å². The second-order valence-electron chi connectivity index (χ2n) is 7.47. The highest BCUT2D eigenvalue weighted by Crippen LogP contribution is 2.20. The molecule has 2 aromatic rings. The first-order chi connectivity index (χ1) is 13.3. The molecule has 0 unspecified atom stereocenters. The third-order valence-corrected chi connectivity index (χ3v) is 3.80. The van der Waals surface area contributed by atoms with Crippen LogP contribution in [0.3, 0.4) is 0 Å². The van der Waals surface area contributed by atoms with Gasteiger partial charge in [-0.3, -0.25) is 0 Å². The summed E-state index contributed by atoms with van der Waals surface area (Å²) in [6, 6.07) is 7.64. The molecule has 0 aliphatic rings. The molecule has 0 aliphatic heterocycles. The van der Waals surface area contributed by atoms with E-state index in [1.165, 1.54) is 0 Å². The van der Waals surface area contributed by atoms with Crippen LogP contribution >= 0.6 is 0 Å². The summed E-state index contributed by atoms with van der Waals surface area (Å²) in [6.07, 6.45) is 6.20. The first-order valence-electron chi connectivity index (χ1n) is 9.54. The summed E-state index contributed by atoms with van der Waals surface area (Å²) < 4.78 is 7.33. The minimum atomic E-state index is -0.519. The third-order valence-electron chi connectivity index (χ3n) is 3.80. The Balaban J connectivity index is 1.72. The number of urea groups is 1. The van der Waals surface area contributed by atoms with Crippen molar-refractivity contribution in [3.63, 3.8) is 0 Å². The SMILES string of the molecule is CCCn1ccc2cc(NC(=O)NC/C=C/CNC(=O)OC(C)(C)C)ccc21. The second kappa shape index (κ2) is 9.82. The van der Waals surface area contributed by atoms with Crippen molar-refractivity contribution < 1.29 is 14.3 Å². The van der Waals surface area contributed by atoms with E-state index in [1.807, 2.05) is 39.0 Å². The molecule has 1 aromatic carbocycles. The minimum Gasteiger partial charge on any atom is -0.444 e. The topological polar surface area (TPSA) is 84.4 Å². The highest BCUT2D eigenvalue weighted by Gasteiger charge is 2.14. The molecule has 0 bridgehead atoms. The maximum Gasteiger partial charge on any atom is 0.407 e. The number of ether oxygens (including phenoxy) is 1. The van der Waals surface area contributed by atoms with Crippen molar-refractivity contribution in [1.29, 1.82) is 0 Å². The standard InChI is InChI=1S/C21H30N4O3/c1-5-13-25-14-10-16-15-17(8-9-18(16)25)24-19(26)22-11-6-7-12-23-20(27)28-21(2,3)4/h6-10,14-15H,5,11-13H2,1-4H3,(H,23,27)(H2,22,24,26)/b7-6+. The maximum atomic E-state index is 12.0. The molecular weight excluding hydrogens is 356 g/mol. The predicted molar refractivity (Wildman–Crippen MR) is 113 cm³/mol. The summed E-state index contributed by atoms with van der Waals surface area (Å²) in [6.45, 7) is 9.25. The lowest BCUT2D eigenvalue weighted by atomic mass is 10.2. The minimum absolute atomic E-state index is 0.280. The molecule has 0 spiro atoms. The van der Waals surface area contributed by atoms with Gasteiger partial charge in [0.25, 0.3) is 0 Å². The van der Waals surface area contributed by atoms with Crippen molar-refractivity contribution >= 4 is 28.7 Å². The lowest BCUT2D eigenvalue weighted by Crippen LogP contribution is -2.32. The van der Waals surface area contributed by atoms with Gasteiger partial charge in [0, 0.05) is 42.4 Å². The molecule has 1 heterocycles. The van der Waals surface area contributed by atoms with E-state index in [-0.39, 0.29) is 6.03 Å². The number of fused-ring (bicyclic) bond motifs is 1. The van der Waals surface area contributed by atoms with Crippen LogP contribution in [0.15, 0.2) is 42.6 Å². The van der Waals surface area contributed by atoms with Crippen molar-refractivity contribution in [1.82, 2.24) is 15.2 Å². The molecular formula is C21H30N4O3. The molecule has 2 rings (SSSR count). The molecule has 0 aliphatic carbocycles. The summed E-state index contributed by atoms with van der Waals surface area (Å²) in [4.78, 5) is 23.5. The number of hydrogen-bond donors (Lipinski definition) is 3. The Labute approximate surface area is 166 Å². The van der Waals surface area contributed by atoms with E-state index in [1.54, 1.807) is 12.2 Å². The summed E-state index contributed by atoms with van der Waals surface area (Å²) in [5, 5.41) is 9.29. The van der Waals surface area contributed by atoms with Crippen LogP contribution in [0.25, 0.3) is 10.9 Å². The number of benzene rings is 1. The number of alkyl carbamates (subject to hydrolysis) is 1. The fraction of sp³-hybridized carbons (Fsp3) is 0.429. The molecule has 0 saturated carbocycles. The van der Waals surface area contributed by atoms with Gasteiger partial charge in [-0.2, -0.15) is 0 Å². The van der Waals surface area contributed by atoms with Crippen LogP contribution in [0.1, 0.15) is 34.1 Å². The summed E-state index contributed by atoms with van der Waals surface area (Å²) in [5.74, 6) is 0. The van der Waals surface area contributed by atoms with E-state index in [4.69, 9.17) is 4.74 Å². The number of carbonyl (C=O) groups is 2. The monoisotopic (exact) mass is 386 g/mol. The zero-order chi connectivity index (χ0) is 20.6. The second-order valence-corrected chi connectivity index (χ2v) is 7.47. The fourth-order valence-electron chi connectivity index (χ4n) is 2.66. The van der Waals surface area contributed by atoms with Gasteiger partial charge in [-0.05, 0) is 51.5 Å². The number of carbonyl (C=O) groups excluding carboxylic acids is 2. The normalized spacial score (nSPS) is 11.6. The summed E-state index contributed by atoms with van der Waals surface area (Å²) >= 11 is 0. The van der Waals surface area contributed by atoms with Crippen molar-refractivity contribution in [2.45, 2.75) is 46.3 Å². The van der Waals surface area contributed by atoms with Crippen LogP contribution < -0.4 is 16.0 Å². The number of amides is 3. The number of aryl methyl sites for hydroxylation is 1. The van der Waals surface area contributed by atoms with Gasteiger partial charge < -0.3 is 25.3 Å². The van der Waals surface area contributed by atoms with Crippen LogP contribution in [0.5, 0.6) is 0 Å². The van der Waals surface area contributed by atoms with E-state index < -0.39 is 11.7 Å². The van der Waals surface area contributed by atoms with Crippen LogP contribution in [0.4, 0.5) is 15.3 Å². The molecule has 152 valence electrons. The Bertz CT molecular complexity index is 834.